The van der Waals surface area contributed by atoms with Crippen LogP contribution in [0.2, 0.25) is 0 Å². The molecule has 2 aromatic carbocycles. The number of amides is 3. The van der Waals surface area contributed by atoms with E-state index in [0.29, 0.717) is 68.1 Å². The maximum Gasteiger partial charge on any atom is 1.00 e. The van der Waals surface area contributed by atoms with Gasteiger partial charge >= 0.3 is 30.4 Å². The number of hydrogen-bond acceptors (Lipinski definition) is 11. The van der Waals surface area contributed by atoms with Crippen LogP contribution in [-0.2, 0) is 19.1 Å². The Balaban J connectivity index is 0.000000252. The number of imide groups is 1. The smallest absolute Gasteiger partial charge is 0.493 e. The molecule has 2 unspecified atom stereocenters. The van der Waals surface area contributed by atoms with Crippen molar-refractivity contribution in [2.75, 3.05) is 47.1 Å². The van der Waals surface area contributed by atoms with Crippen LogP contribution in [0.4, 0.5) is 9.59 Å². The first-order valence-corrected chi connectivity index (χ1v) is 30.8. The van der Waals surface area contributed by atoms with Crippen molar-refractivity contribution in [1.29, 1.82) is 0 Å². The van der Waals surface area contributed by atoms with Crippen molar-refractivity contribution in [1.82, 2.24) is 10.2 Å². The van der Waals surface area contributed by atoms with Crippen LogP contribution >= 0.6 is 11.6 Å². The number of carbonyl (C=O) groups is 4. The number of benzene rings is 2. The SMILES string of the molecule is C=C(C)[C@@H]1CC=C(CO)CC1.C=C(C)[C@@H]1CC=C(COC(=O)Cl)CC1.COc1ccc(C2CC(=O)N(C(=O)OCC3=CC[C@@H](C(C)C)CC3)C2)cc1OC1CCCC1.COc1ccc(C2CNC(=O)C2)cc1OC1CCCC1.[CH2-]CCC.[Li+]. The molecular weight excluding hydrogens is 1060 g/mol. The van der Waals surface area contributed by atoms with E-state index in [1.807, 2.05) is 36.4 Å². The monoisotopic (exact) mass is 1160 g/mol. The average molecular weight is 1160 g/mol. The molecule has 9 rings (SSSR count). The average Bonchev–Trinajstić information content (AvgIpc) is 4.55. The summed E-state index contributed by atoms with van der Waals surface area (Å²) in [4.78, 5) is 48.2. The van der Waals surface area contributed by atoms with Crippen molar-refractivity contribution in [2.24, 2.45) is 23.7 Å². The van der Waals surface area contributed by atoms with Crippen LogP contribution in [0.5, 0.6) is 23.0 Å². The Morgan fingerprint density at radius 1 is 0.711 bits per heavy atom. The fraction of sp³-hybridized carbons (Fsp3) is 0.603. The molecule has 0 bridgehead atoms. The molecule has 2 saturated heterocycles. The molecule has 5 atom stereocenters. The topological polar surface area (TPSA) is 159 Å². The zero-order valence-electron chi connectivity index (χ0n) is 51.7. The van der Waals surface area contributed by atoms with Gasteiger partial charge < -0.3 is 45.8 Å². The predicted octanol–water partition coefficient (Wildman–Crippen LogP) is 13.0. The summed E-state index contributed by atoms with van der Waals surface area (Å²) >= 11 is 5.07. The summed E-state index contributed by atoms with van der Waals surface area (Å²) in [6, 6.07) is 11.9. The van der Waals surface area contributed by atoms with Gasteiger partial charge in [-0.1, -0.05) is 81.9 Å². The van der Waals surface area contributed by atoms with Gasteiger partial charge in [0.1, 0.15) is 13.2 Å². The van der Waals surface area contributed by atoms with E-state index >= 15 is 0 Å². The first-order chi connectivity index (χ1) is 39.4. The number of halogens is 1. The molecule has 15 heteroatoms. The molecule has 4 fully saturated rings. The van der Waals surface area contributed by atoms with Crippen molar-refractivity contribution < 1.29 is 71.6 Å². The van der Waals surface area contributed by atoms with E-state index in [0.717, 1.165) is 123 Å². The number of hydrogen-bond donors (Lipinski definition) is 2. The molecule has 2 heterocycles. The molecule has 454 valence electrons. The fourth-order valence-corrected chi connectivity index (χ4v) is 11.4. The van der Waals surface area contributed by atoms with Gasteiger partial charge in [0, 0.05) is 49.4 Å². The van der Waals surface area contributed by atoms with Gasteiger partial charge in [0.2, 0.25) is 11.8 Å². The minimum atomic E-state index is -0.729. The first-order valence-electron chi connectivity index (χ1n) is 30.4. The van der Waals surface area contributed by atoms with Gasteiger partial charge in [-0.25, -0.2) is 14.5 Å². The molecule has 83 heavy (non-hydrogen) atoms. The van der Waals surface area contributed by atoms with Crippen LogP contribution in [0, 0.1) is 30.6 Å². The summed E-state index contributed by atoms with van der Waals surface area (Å²) in [5, 5.41) is 11.7. The second-order valence-electron chi connectivity index (χ2n) is 23.6. The Morgan fingerprint density at radius 2 is 1.19 bits per heavy atom. The number of allylic oxidation sites excluding steroid dienone is 5. The van der Waals surface area contributed by atoms with Gasteiger partial charge in [-0.2, -0.15) is 6.42 Å². The van der Waals surface area contributed by atoms with Crippen molar-refractivity contribution in [3.05, 3.63) is 114 Å². The number of carbonyl (C=O) groups excluding carboxylic acids is 4. The van der Waals surface area contributed by atoms with Crippen LogP contribution < -0.4 is 43.1 Å². The second-order valence-corrected chi connectivity index (χ2v) is 23.9. The summed E-state index contributed by atoms with van der Waals surface area (Å²) in [6.07, 6.45) is 28.4. The van der Waals surface area contributed by atoms with Crippen LogP contribution in [0.3, 0.4) is 0 Å². The molecule has 3 amide bonds. The number of aliphatic hydroxyl groups is 1. The van der Waals surface area contributed by atoms with E-state index in [1.54, 1.807) is 14.2 Å². The van der Waals surface area contributed by atoms with Crippen molar-refractivity contribution in [3.8, 4) is 23.0 Å². The minimum Gasteiger partial charge on any atom is -0.493 e. The van der Waals surface area contributed by atoms with Crippen molar-refractivity contribution in [3.63, 3.8) is 0 Å². The normalized spacial score (nSPS) is 22.1. The van der Waals surface area contributed by atoms with E-state index in [4.69, 9.17) is 45.1 Å². The van der Waals surface area contributed by atoms with Gasteiger partial charge in [0.15, 0.2) is 23.0 Å². The third-order valence-corrected chi connectivity index (χ3v) is 17.1. The number of nitrogens with one attached hydrogen (secondary N) is 1. The summed E-state index contributed by atoms with van der Waals surface area (Å²) in [5.41, 5.74) is 7.44. The molecule has 0 radical (unpaired) electrons. The quantitative estimate of drug-likeness (QED) is 0.0672. The Labute approximate surface area is 514 Å². The molecule has 2 aliphatic heterocycles. The molecule has 0 aromatic heterocycles. The van der Waals surface area contributed by atoms with Gasteiger partial charge in [-0.3, -0.25) is 9.59 Å². The van der Waals surface area contributed by atoms with Crippen LogP contribution in [-0.4, -0.2) is 92.7 Å². The Morgan fingerprint density at radius 3 is 1.59 bits per heavy atom. The van der Waals surface area contributed by atoms with E-state index in [9.17, 15) is 19.2 Å². The molecule has 5 aliphatic carbocycles. The third kappa shape index (κ3) is 23.8. The van der Waals surface area contributed by atoms with Crippen LogP contribution in [0.1, 0.15) is 192 Å². The van der Waals surface area contributed by atoms with Crippen molar-refractivity contribution in [2.45, 2.75) is 193 Å². The molecule has 2 N–H and O–H groups in total. The number of aliphatic hydroxyl groups excluding tert-OH is 1. The molecule has 7 aliphatic rings. The Hall–Kier alpha value is -4.93. The van der Waals surface area contributed by atoms with Crippen LogP contribution in [0.25, 0.3) is 0 Å². The zero-order valence-corrected chi connectivity index (χ0v) is 52.4. The summed E-state index contributed by atoms with van der Waals surface area (Å²) in [6.45, 7) is 24.2. The first kappa shape index (κ1) is 70.6. The summed E-state index contributed by atoms with van der Waals surface area (Å²) < 4.78 is 33.4. The largest absolute Gasteiger partial charge is 1.00 e. The number of likely N-dealkylation sites (tertiary alicyclic amines) is 1. The molecular formula is C68H98ClLiN2O11. The molecule has 2 aromatic rings. The number of methoxy groups -OCH3 is 2. The van der Waals surface area contributed by atoms with Gasteiger partial charge in [-0.05, 0) is 199 Å². The predicted molar refractivity (Wildman–Crippen MR) is 328 cm³/mol. The molecule has 0 spiro atoms. The third-order valence-electron chi connectivity index (χ3n) is 17.0. The second kappa shape index (κ2) is 37.5. The number of ether oxygens (including phenoxy) is 6. The Bertz CT molecular complexity index is 2490. The fourth-order valence-electron chi connectivity index (χ4n) is 11.4. The van der Waals surface area contributed by atoms with Gasteiger partial charge in [-0.15, -0.1) is 0 Å². The minimum absolute atomic E-state index is 0. The number of unbranched alkanes of at least 4 members (excludes halogenated alkanes) is 1. The van der Waals surface area contributed by atoms with Crippen molar-refractivity contribution >= 4 is 34.9 Å². The van der Waals surface area contributed by atoms with E-state index < -0.39 is 11.5 Å². The molecule has 2 saturated carbocycles. The standard InChI is InChI=1S/C27H37NO5.C16H21NO3.C11H15ClO2.C10H16O.C4H9.Li/c1-18(2)20-10-8-19(9-11-20)17-32-27(30)28-16-22(15-26(28)29)21-12-13-24(31-3)25(14-21)33-23-6-4-5-7-23;1-19-14-7-6-11(12-9-16(18)17-10-12)8-15(14)20-13-4-2-3-5-13;1-8(2)10-5-3-9(4-6-10)7-14-11(12)13;1-8(2)10-5-3-9(7-11)4-6-10;1-3-4-2;/h8,12-14,18,20,22-23H,4-7,9-11,15-17H2,1-3H3;6-8,12-13H,2-5,9-10H2,1H3,(H,17,18);3,10H,1,4-7H2,2H3;3,10-11H,1,4-7H2,2H3;1,3-4H2,2H3;/q;;;;-1;+1/t20-,22?;;2*10-;;/m1.11../s1. The van der Waals surface area contributed by atoms with E-state index in [1.165, 1.54) is 60.1 Å². The Kier molecular flexibility index (Phi) is 31.9. The maximum absolute atomic E-state index is 12.7. The van der Waals surface area contributed by atoms with Gasteiger partial charge in [0.05, 0.1) is 33.0 Å². The van der Waals surface area contributed by atoms with Crippen LogP contribution in [0.15, 0.2) is 95.6 Å². The molecule has 13 nitrogen and oxygen atoms in total. The van der Waals surface area contributed by atoms with E-state index in [2.05, 4.69) is 78.2 Å². The zero-order chi connectivity index (χ0) is 59.6. The number of rotatable bonds is 17. The maximum atomic E-state index is 12.7. The van der Waals surface area contributed by atoms with Gasteiger partial charge in [0.25, 0.3) is 0 Å². The van der Waals surface area contributed by atoms with E-state index in [-0.39, 0.29) is 61.8 Å². The summed E-state index contributed by atoms with van der Waals surface area (Å²) in [5.74, 6) is 5.77. The summed E-state index contributed by atoms with van der Waals surface area (Å²) in [7, 11) is 3.30. The number of nitrogens with zero attached hydrogens (tertiary/aromatic N) is 1.